The van der Waals surface area contributed by atoms with E-state index in [2.05, 4.69) is 9.97 Å². The molecule has 2 atom stereocenters. The number of H-pyrrole nitrogens is 1. The van der Waals surface area contributed by atoms with Crippen molar-refractivity contribution in [2.75, 3.05) is 12.8 Å². The van der Waals surface area contributed by atoms with Crippen molar-refractivity contribution in [2.24, 2.45) is 0 Å². The van der Waals surface area contributed by atoms with Crippen LogP contribution in [0.15, 0.2) is 24.4 Å². The number of imidazole rings is 1. The zero-order valence-electron chi connectivity index (χ0n) is 14.3. The molecule has 1 aliphatic heterocycles. The molecule has 1 saturated heterocycles. The highest BCUT2D eigenvalue weighted by molar-refractivity contribution is 7.99. The molecule has 134 valence electrons. The molecular formula is C18H21F2N3OS. The lowest BCUT2D eigenvalue weighted by molar-refractivity contribution is -0.134. The van der Waals surface area contributed by atoms with Gasteiger partial charge in [0.15, 0.2) is 0 Å². The van der Waals surface area contributed by atoms with Gasteiger partial charge in [-0.1, -0.05) is 0 Å². The second-order valence-corrected chi connectivity index (χ2v) is 7.41. The van der Waals surface area contributed by atoms with Gasteiger partial charge >= 0.3 is 0 Å². The fraction of sp³-hybridized carbons (Fsp3) is 0.444. The van der Waals surface area contributed by atoms with Crippen LogP contribution in [0.4, 0.5) is 8.78 Å². The first-order valence-corrected chi connectivity index (χ1v) is 9.63. The summed E-state index contributed by atoms with van der Waals surface area (Å²) in [7, 11) is 0. The zero-order chi connectivity index (χ0) is 18.0. The molecule has 1 aliphatic rings. The van der Waals surface area contributed by atoms with E-state index in [0.717, 1.165) is 25.3 Å². The van der Waals surface area contributed by atoms with E-state index in [-0.39, 0.29) is 22.8 Å². The van der Waals surface area contributed by atoms with Crippen molar-refractivity contribution in [2.45, 2.75) is 37.5 Å². The summed E-state index contributed by atoms with van der Waals surface area (Å²) in [5, 5.41) is -0.107. The van der Waals surface area contributed by atoms with Gasteiger partial charge in [0.25, 0.3) is 0 Å². The molecule has 0 aliphatic carbocycles. The molecule has 2 aromatic rings. The Balaban J connectivity index is 1.88. The van der Waals surface area contributed by atoms with Crippen LogP contribution in [-0.2, 0) is 4.79 Å². The molecule has 3 rings (SSSR count). The number of thioether (sulfide) groups is 1. The van der Waals surface area contributed by atoms with E-state index < -0.39 is 11.6 Å². The second-order valence-electron chi connectivity index (χ2n) is 6.23. The van der Waals surface area contributed by atoms with Gasteiger partial charge in [-0.15, -0.1) is 0 Å². The van der Waals surface area contributed by atoms with Crippen molar-refractivity contribution in [1.29, 1.82) is 0 Å². The van der Waals surface area contributed by atoms with Gasteiger partial charge in [-0.2, -0.15) is 11.8 Å². The van der Waals surface area contributed by atoms with E-state index in [1.54, 1.807) is 6.20 Å². The number of piperidine rings is 1. The van der Waals surface area contributed by atoms with Gasteiger partial charge in [-0.25, -0.2) is 13.8 Å². The molecule has 1 fully saturated rings. The van der Waals surface area contributed by atoms with Gasteiger partial charge in [-0.3, -0.25) is 4.79 Å². The van der Waals surface area contributed by atoms with Crippen molar-refractivity contribution < 1.29 is 13.6 Å². The van der Waals surface area contributed by atoms with E-state index in [1.165, 1.54) is 23.9 Å². The maximum Gasteiger partial charge on any atom is 0.236 e. The number of rotatable bonds is 4. The van der Waals surface area contributed by atoms with E-state index in [1.807, 2.05) is 18.1 Å². The first-order valence-electron chi connectivity index (χ1n) is 8.35. The van der Waals surface area contributed by atoms with E-state index >= 15 is 0 Å². The average Bonchev–Trinajstić information content (AvgIpc) is 3.10. The minimum atomic E-state index is -0.636. The van der Waals surface area contributed by atoms with Crippen LogP contribution in [-0.4, -0.2) is 38.8 Å². The molecule has 1 amide bonds. The SMILES string of the molecule is CSC(C)C(=O)N1CCCCC1c1ncc(-c2ccc(F)cc2F)[nH]1. The van der Waals surface area contributed by atoms with E-state index in [0.29, 0.717) is 18.1 Å². The summed E-state index contributed by atoms with van der Waals surface area (Å²) in [4.78, 5) is 22.0. The van der Waals surface area contributed by atoms with Gasteiger partial charge in [0.1, 0.15) is 17.5 Å². The minimum Gasteiger partial charge on any atom is -0.340 e. The third kappa shape index (κ3) is 3.71. The number of carbonyl (C=O) groups is 1. The lowest BCUT2D eigenvalue weighted by Gasteiger charge is -2.36. The van der Waals surface area contributed by atoms with Crippen LogP contribution in [0.5, 0.6) is 0 Å². The molecule has 7 heteroatoms. The second kappa shape index (κ2) is 7.56. The number of aromatic amines is 1. The molecule has 0 saturated carbocycles. The Bertz CT molecular complexity index is 765. The first kappa shape index (κ1) is 17.9. The van der Waals surface area contributed by atoms with Crippen LogP contribution in [0.1, 0.15) is 38.1 Å². The van der Waals surface area contributed by atoms with Gasteiger partial charge in [-0.05, 0) is 44.6 Å². The Labute approximate surface area is 150 Å². The zero-order valence-corrected chi connectivity index (χ0v) is 15.1. The predicted octanol–water partition coefficient (Wildman–Crippen LogP) is 4.16. The summed E-state index contributed by atoms with van der Waals surface area (Å²) in [6.45, 7) is 2.61. The highest BCUT2D eigenvalue weighted by Crippen LogP contribution is 2.32. The summed E-state index contributed by atoms with van der Waals surface area (Å²) >= 11 is 1.52. The number of likely N-dealkylation sites (tertiary alicyclic amines) is 1. The summed E-state index contributed by atoms with van der Waals surface area (Å²) < 4.78 is 27.1. The molecule has 1 N–H and O–H groups in total. The number of nitrogens with one attached hydrogen (secondary N) is 1. The molecular weight excluding hydrogens is 344 g/mol. The monoisotopic (exact) mass is 365 g/mol. The Morgan fingerprint density at radius 3 is 2.92 bits per heavy atom. The van der Waals surface area contributed by atoms with Crippen molar-refractivity contribution >= 4 is 17.7 Å². The molecule has 1 aromatic carbocycles. The highest BCUT2D eigenvalue weighted by Gasteiger charge is 2.32. The smallest absolute Gasteiger partial charge is 0.236 e. The van der Waals surface area contributed by atoms with Crippen molar-refractivity contribution in [3.8, 4) is 11.3 Å². The fourth-order valence-corrected chi connectivity index (χ4v) is 3.50. The number of halogens is 2. The molecule has 2 heterocycles. The quantitative estimate of drug-likeness (QED) is 0.885. The van der Waals surface area contributed by atoms with Crippen LogP contribution >= 0.6 is 11.8 Å². The first-order chi connectivity index (χ1) is 12.0. The topological polar surface area (TPSA) is 49.0 Å². The van der Waals surface area contributed by atoms with Crippen LogP contribution < -0.4 is 0 Å². The van der Waals surface area contributed by atoms with Crippen molar-refractivity contribution in [3.63, 3.8) is 0 Å². The molecule has 0 spiro atoms. The Morgan fingerprint density at radius 1 is 1.40 bits per heavy atom. The highest BCUT2D eigenvalue weighted by atomic mass is 32.2. The maximum absolute atomic E-state index is 14.0. The number of hydrogen-bond acceptors (Lipinski definition) is 3. The average molecular weight is 365 g/mol. The maximum atomic E-state index is 14.0. The van der Waals surface area contributed by atoms with Crippen LogP contribution in [0.25, 0.3) is 11.3 Å². The number of amides is 1. The minimum absolute atomic E-state index is 0.100. The van der Waals surface area contributed by atoms with Gasteiger partial charge in [0.2, 0.25) is 5.91 Å². The van der Waals surface area contributed by atoms with Crippen LogP contribution in [0.3, 0.4) is 0 Å². The summed E-state index contributed by atoms with van der Waals surface area (Å²) in [6.07, 6.45) is 6.28. The molecule has 25 heavy (non-hydrogen) atoms. The van der Waals surface area contributed by atoms with Gasteiger partial charge in [0.05, 0.1) is 23.2 Å². The van der Waals surface area contributed by atoms with Crippen molar-refractivity contribution in [1.82, 2.24) is 14.9 Å². The van der Waals surface area contributed by atoms with Gasteiger partial charge < -0.3 is 9.88 Å². The molecule has 0 radical (unpaired) electrons. The van der Waals surface area contributed by atoms with Crippen molar-refractivity contribution in [3.05, 3.63) is 41.9 Å². The number of aromatic nitrogens is 2. The lowest BCUT2D eigenvalue weighted by atomic mass is 10.0. The standard InChI is InChI=1S/C18H21F2N3OS/c1-11(25-2)18(24)23-8-4-3-5-16(23)17-21-10-15(22-17)13-7-6-12(19)9-14(13)20/h6-7,9-11,16H,3-5,8H2,1-2H3,(H,21,22). The number of hydrogen-bond donors (Lipinski definition) is 1. The summed E-state index contributed by atoms with van der Waals surface area (Å²) in [5.41, 5.74) is 0.759. The van der Waals surface area contributed by atoms with Crippen LogP contribution in [0, 0.1) is 11.6 Å². The predicted molar refractivity (Wildman–Crippen MR) is 95.2 cm³/mol. The third-order valence-electron chi connectivity index (χ3n) is 4.62. The van der Waals surface area contributed by atoms with E-state index in [9.17, 15) is 13.6 Å². The largest absolute Gasteiger partial charge is 0.340 e. The summed E-state index contributed by atoms with van der Waals surface area (Å²) in [6, 6.07) is 3.33. The van der Waals surface area contributed by atoms with Gasteiger partial charge in [0, 0.05) is 18.2 Å². The Kier molecular flexibility index (Phi) is 5.42. The molecule has 4 nitrogen and oxygen atoms in total. The summed E-state index contributed by atoms with van der Waals surface area (Å²) in [5.74, 6) is -0.498. The molecule has 0 bridgehead atoms. The Morgan fingerprint density at radius 2 is 2.20 bits per heavy atom. The molecule has 2 unspecified atom stereocenters. The number of benzene rings is 1. The number of nitrogens with zero attached hydrogens (tertiary/aromatic N) is 2. The normalized spacial score (nSPS) is 19.0. The molecule has 1 aromatic heterocycles. The van der Waals surface area contributed by atoms with E-state index in [4.69, 9.17) is 0 Å². The fourth-order valence-electron chi connectivity index (χ4n) is 3.16. The third-order valence-corrected chi connectivity index (χ3v) is 5.53. The lowest BCUT2D eigenvalue weighted by Crippen LogP contribution is -2.42. The number of carbonyl (C=O) groups excluding carboxylic acids is 1. The Hall–Kier alpha value is -1.89. The van der Waals surface area contributed by atoms with Crippen LogP contribution in [0.2, 0.25) is 0 Å².